The molecule has 0 amide bonds. The van der Waals surface area contributed by atoms with Gasteiger partial charge in [-0.15, -0.1) is 0 Å². The topological polar surface area (TPSA) is 35.5 Å². The average Bonchev–Trinajstić information content (AvgIpc) is 2.49. The molecule has 3 rings (SSSR count). The number of hydrogen-bond acceptors (Lipinski definition) is 3. The maximum Gasteiger partial charge on any atom is 0.339 e. The smallest absolute Gasteiger partial charge is 0.339 e. The summed E-state index contributed by atoms with van der Waals surface area (Å²) in [5.41, 5.74) is -0.811. The summed E-state index contributed by atoms with van der Waals surface area (Å²) in [6.07, 6.45) is 9.27. The first-order valence-electron chi connectivity index (χ1n) is 8.84. The molecule has 0 bridgehead atoms. The minimum absolute atomic E-state index is 0.0622. The molecule has 3 fully saturated rings. The van der Waals surface area contributed by atoms with Crippen molar-refractivity contribution in [1.29, 1.82) is 0 Å². The first-order valence-corrected chi connectivity index (χ1v) is 8.84. The minimum atomic E-state index is -0.631. The Bertz CT molecular complexity index is 397. The van der Waals surface area contributed by atoms with Gasteiger partial charge in [0.2, 0.25) is 0 Å². The Morgan fingerprint density at radius 2 is 1.71 bits per heavy atom. The van der Waals surface area contributed by atoms with Crippen LogP contribution in [0.2, 0.25) is 0 Å². The van der Waals surface area contributed by atoms with Crippen molar-refractivity contribution in [2.24, 2.45) is 17.8 Å². The Labute approximate surface area is 128 Å². The van der Waals surface area contributed by atoms with Crippen LogP contribution in [-0.4, -0.2) is 23.8 Å². The maximum absolute atomic E-state index is 12.8. The first-order chi connectivity index (χ1) is 9.97. The third kappa shape index (κ3) is 2.52. The van der Waals surface area contributed by atoms with Gasteiger partial charge in [0.1, 0.15) is 0 Å². The summed E-state index contributed by atoms with van der Waals surface area (Å²) in [6, 6.07) is 0. The van der Waals surface area contributed by atoms with Crippen molar-refractivity contribution < 1.29 is 14.3 Å². The second kappa shape index (κ2) is 5.57. The van der Waals surface area contributed by atoms with Gasteiger partial charge in [0, 0.05) is 5.92 Å². The molecule has 1 saturated carbocycles. The van der Waals surface area contributed by atoms with Crippen molar-refractivity contribution >= 4 is 5.97 Å². The summed E-state index contributed by atoms with van der Waals surface area (Å²) >= 11 is 0. The maximum atomic E-state index is 12.8. The molecule has 21 heavy (non-hydrogen) atoms. The van der Waals surface area contributed by atoms with Gasteiger partial charge >= 0.3 is 5.97 Å². The first kappa shape index (κ1) is 15.3. The molecule has 0 radical (unpaired) electrons. The molecule has 3 atom stereocenters. The van der Waals surface area contributed by atoms with E-state index in [1.54, 1.807) is 0 Å². The zero-order chi connectivity index (χ0) is 15.1. The van der Waals surface area contributed by atoms with E-state index in [1.165, 1.54) is 25.7 Å². The van der Waals surface area contributed by atoms with Crippen LogP contribution >= 0.6 is 0 Å². The van der Waals surface area contributed by atoms with Crippen molar-refractivity contribution in [3.63, 3.8) is 0 Å². The molecular weight excluding hydrogens is 264 g/mol. The average molecular weight is 294 g/mol. The molecule has 1 aliphatic carbocycles. The lowest BCUT2D eigenvalue weighted by atomic mass is 9.59. The highest BCUT2D eigenvalue weighted by Gasteiger charge is 2.68. The van der Waals surface area contributed by atoms with Gasteiger partial charge in [0.05, 0.1) is 12.2 Å². The van der Waals surface area contributed by atoms with Crippen LogP contribution in [0, 0.1) is 17.8 Å². The van der Waals surface area contributed by atoms with Crippen molar-refractivity contribution in [3.05, 3.63) is 0 Å². The van der Waals surface area contributed by atoms with Crippen LogP contribution in [0.25, 0.3) is 0 Å². The van der Waals surface area contributed by atoms with E-state index < -0.39 is 5.60 Å². The summed E-state index contributed by atoms with van der Waals surface area (Å²) in [7, 11) is 0. The van der Waals surface area contributed by atoms with Crippen molar-refractivity contribution in [2.75, 3.05) is 6.61 Å². The Morgan fingerprint density at radius 1 is 1.00 bits per heavy atom. The summed E-state index contributed by atoms with van der Waals surface area (Å²) in [6.45, 7) is 7.13. The number of ether oxygens (including phenoxy) is 2. The summed E-state index contributed by atoms with van der Waals surface area (Å²) in [5, 5.41) is 0. The molecule has 120 valence electrons. The molecule has 3 heteroatoms. The number of hydrogen-bond donors (Lipinski definition) is 0. The predicted molar refractivity (Wildman–Crippen MR) is 81.9 cm³/mol. The van der Waals surface area contributed by atoms with Gasteiger partial charge in [-0.3, -0.25) is 0 Å². The molecule has 2 saturated heterocycles. The molecule has 3 aliphatic rings. The number of rotatable bonds is 1. The zero-order valence-corrected chi connectivity index (χ0v) is 13.8. The molecule has 0 N–H and O–H groups in total. The van der Waals surface area contributed by atoms with Gasteiger partial charge in [-0.2, -0.15) is 0 Å². The second-order valence-corrected chi connectivity index (χ2v) is 7.99. The highest BCUT2D eigenvalue weighted by molar-refractivity contribution is 5.82. The molecular formula is C18H30O3. The zero-order valence-electron chi connectivity index (χ0n) is 13.8. The number of esters is 1. The summed E-state index contributed by atoms with van der Waals surface area (Å²) in [5.74, 6) is 1.26. The monoisotopic (exact) mass is 294 g/mol. The lowest BCUT2D eigenvalue weighted by Gasteiger charge is -2.61. The SMILES string of the molecule is C[C@@H]1CCOC(=O)[C@@]2(C3CCCCC3)OC(C)(C)[C@@H]2CC1. The molecule has 2 heterocycles. The van der Waals surface area contributed by atoms with Gasteiger partial charge in [0.25, 0.3) is 0 Å². The lowest BCUT2D eigenvalue weighted by Crippen LogP contribution is -2.73. The highest BCUT2D eigenvalue weighted by Crippen LogP contribution is 2.57. The van der Waals surface area contributed by atoms with Crippen LogP contribution in [0.5, 0.6) is 0 Å². The largest absolute Gasteiger partial charge is 0.464 e. The summed E-state index contributed by atoms with van der Waals surface area (Å²) in [4.78, 5) is 12.8. The van der Waals surface area contributed by atoms with Gasteiger partial charge in [-0.05, 0) is 51.4 Å². The number of carbonyl (C=O) groups excluding carboxylic acids is 1. The van der Waals surface area contributed by atoms with E-state index in [-0.39, 0.29) is 11.6 Å². The fourth-order valence-corrected chi connectivity index (χ4v) is 4.91. The molecule has 3 nitrogen and oxygen atoms in total. The molecule has 2 aliphatic heterocycles. The Morgan fingerprint density at radius 3 is 2.38 bits per heavy atom. The van der Waals surface area contributed by atoms with E-state index in [4.69, 9.17) is 9.47 Å². The van der Waals surface area contributed by atoms with Crippen LogP contribution in [-0.2, 0) is 14.3 Å². The number of carbonyl (C=O) groups is 1. The molecule has 0 spiro atoms. The van der Waals surface area contributed by atoms with Crippen LogP contribution in [0.15, 0.2) is 0 Å². The molecule has 0 aromatic heterocycles. The van der Waals surface area contributed by atoms with E-state index in [2.05, 4.69) is 20.8 Å². The van der Waals surface area contributed by atoms with Crippen LogP contribution in [0.1, 0.15) is 72.1 Å². The van der Waals surface area contributed by atoms with Crippen molar-refractivity contribution in [1.82, 2.24) is 0 Å². The van der Waals surface area contributed by atoms with Crippen LogP contribution in [0.3, 0.4) is 0 Å². The van der Waals surface area contributed by atoms with E-state index in [0.29, 0.717) is 24.4 Å². The van der Waals surface area contributed by atoms with Gasteiger partial charge < -0.3 is 9.47 Å². The number of fused-ring (bicyclic) bond motifs is 1. The van der Waals surface area contributed by atoms with Gasteiger partial charge in [0.15, 0.2) is 5.60 Å². The fourth-order valence-electron chi connectivity index (χ4n) is 4.91. The second-order valence-electron chi connectivity index (χ2n) is 7.99. The molecule has 0 aromatic carbocycles. The normalized spacial score (nSPS) is 41.0. The van der Waals surface area contributed by atoms with Crippen molar-refractivity contribution in [2.45, 2.75) is 83.3 Å². The van der Waals surface area contributed by atoms with E-state index in [0.717, 1.165) is 25.7 Å². The van der Waals surface area contributed by atoms with Crippen LogP contribution < -0.4 is 0 Å². The Hall–Kier alpha value is -0.570. The third-order valence-corrected chi connectivity index (χ3v) is 6.11. The van der Waals surface area contributed by atoms with E-state index >= 15 is 0 Å². The fraction of sp³-hybridized carbons (Fsp3) is 0.944. The van der Waals surface area contributed by atoms with Gasteiger partial charge in [-0.1, -0.05) is 32.6 Å². The minimum Gasteiger partial charge on any atom is -0.464 e. The summed E-state index contributed by atoms with van der Waals surface area (Å²) < 4.78 is 12.0. The van der Waals surface area contributed by atoms with Gasteiger partial charge in [-0.25, -0.2) is 4.79 Å². The van der Waals surface area contributed by atoms with E-state index in [9.17, 15) is 4.79 Å². The quantitative estimate of drug-likeness (QED) is 0.683. The Kier molecular flexibility index (Phi) is 4.06. The van der Waals surface area contributed by atoms with Crippen LogP contribution in [0.4, 0.5) is 0 Å². The van der Waals surface area contributed by atoms with Crippen molar-refractivity contribution in [3.8, 4) is 0 Å². The highest BCUT2D eigenvalue weighted by atomic mass is 16.6. The lowest BCUT2D eigenvalue weighted by molar-refractivity contribution is -0.327. The number of cyclic esters (lactones) is 1. The molecule has 0 aromatic rings. The Balaban J connectivity index is 1.90. The molecule has 0 unspecified atom stereocenters. The standard InChI is InChI=1S/C18H30O3/c1-13-9-10-15-17(2,3)21-18(15,16(19)20-12-11-13)14-7-5-4-6-8-14/h13-15H,4-12H2,1-3H3/t13-,15-,18-/m0/s1. The third-order valence-electron chi connectivity index (χ3n) is 6.11. The predicted octanol–water partition coefficient (Wildman–Crippen LogP) is 4.09. The van der Waals surface area contributed by atoms with E-state index in [1.807, 2.05) is 0 Å².